The van der Waals surface area contributed by atoms with Gasteiger partial charge in [-0.05, 0) is 6.92 Å². The van der Waals surface area contributed by atoms with Crippen LogP contribution < -0.4 is 5.73 Å². The highest BCUT2D eigenvalue weighted by molar-refractivity contribution is 5.83. The number of ketones is 1. The molecular formula is C10H19NO. The molecule has 2 atom stereocenters. The summed E-state index contributed by atoms with van der Waals surface area (Å²) in [5, 5.41) is 0. The van der Waals surface area contributed by atoms with Crippen LogP contribution in [0.4, 0.5) is 0 Å². The molecule has 0 unspecified atom stereocenters. The third kappa shape index (κ3) is 4.29. The second kappa shape index (κ2) is 5.09. The predicted molar refractivity (Wildman–Crippen MR) is 51.8 cm³/mol. The van der Waals surface area contributed by atoms with Gasteiger partial charge in [0.15, 0.2) is 0 Å². The van der Waals surface area contributed by atoms with Crippen LogP contribution in [-0.4, -0.2) is 11.8 Å². The van der Waals surface area contributed by atoms with E-state index in [-0.39, 0.29) is 23.7 Å². The summed E-state index contributed by atoms with van der Waals surface area (Å²) in [5.41, 5.74) is 5.52. The summed E-state index contributed by atoms with van der Waals surface area (Å²) in [6.45, 7) is 7.63. The Kier molecular flexibility index (Phi) is 4.83. The quantitative estimate of drug-likeness (QED) is 0.651. The Hall–Kier alpha value is -0.630. The number of hydrogen-bond acceptors (Lipinski definition) is 2. The fraction of sp³-hybridized carbons (Fsp3) is 0.700. The van der Waals surface area contributed by atoms with E-state index in [1.165, 1.54) is 0 Å². The molecule has 70 valence electrons. The average Bonchev–Trinajstić information content (AvgIpc) is 1.98. The molecule has 2 N–H and O–H groups in total. The maximum atomic E-state index is 11.4. The molecular weight excluding hydrogens is 150 g/mol. The molecule has 0 aromatic rings. The predicted octanol–water partition coefficient (Wildman–Crippen LogP) is 1.75. The molecule has 0 heterocycles. The van der Waals surface area contributed by atoms with Crippen LogP contribution in [0, 0.1) is 11.8 Å². The molecule has 2 heteroatoms. The Morgan fingerprint density at radius 2 is 1.67 bits per heavy atom. The lowest BCUT2D eigenvalue weighted by Crippen LogP contribution is -2.17. The van der Waals surface area contributed by atoms with E-state index in [1.54, 1.807) is 0 Å². The van der Waals surface area contributed by atoms with Gasteiger partial charge in [0, 0.05) is 17.9 Å². The molecule has 2 nitrogen and oxygen atoms in total. The standard InChI is InChI=1S/C10H19NO/c1-7(2)10(12)8(3)5-6-9(4)11/h5-9H,11H2,1-4H3/b6-5-/t8-,9+/m1/s1. The van der Waals surface area contributed by atoms with E-state index in [4.69, 9.17) is 5.73 Å². The summed E-state index contributed by atoms with van der Waals surface area (Å²) in [5.74, 6) is 0.376. The molecule has 0 aromatic heterocycles. The van der Waals surface area contributed by atoms with Gasteiger partial charge in [0.25, 0.3) is 0 Å². The van der Waals surface area contributed by atoms with Gasteiger partial charge in [-0.3, -0.25) is 4.79 Å². The van der Waals surface area contributed by atoms with E-state index >= 15 is 0 Å². The third-order valence-corrected chi connectivity index (χ3v) is 1.72. The summed E-state index contributed by atoms with van der Waals surface area (Å²) < 4.78 is 0. The van der Waals surface area contributed by atoms with E-state index in [0.29, 0.717) is 0 Å². The Labute approximate surface area is 74.8 Å². The number of carbonyl (C=O) groups excluding carboxylic acids is 1. The zero-order valence-corrected chi connectivity index (χ0v) is 8.37. The number of hydrogen-bond donors (Lipinski definition) is 1. The Morgan fingerprint density at radius 1 is 1.17 bits per heavy atom. The topological polar surface area (TPSA) is 43.1 Å². The van der Waals surface area contributed by atoms with Crippen molar-refractivity contribution < 1.29 is 4.79 Å². The number of carbonyl (C=O) groups is 1. The van der Waals surface area contributed by atoms with Crippen molar-refractivity contribution in [3.05, 3.63) is 12.2 Å². The monoisotopic (exact) mass is 169 g/mol. The van der Waals surface area contributed by atoms with Gasteiger partial charge in [0.1, 0.15) is 5.78 Å². The lowest BCUT2D eigenvalue weighted by molar-refractivity contribution is -0.123. The first-order valence-electron chi connectivity index (χ1n) is 4.42. The van der Waals surface area contributed by atoms with Crippen molar-refractivity contribution in [2.75, 3.05) is 0 Å². The molecule has 0 bridgehead atoms. The molecule has 0 saturated heterocycles. The number of nitrogens with two attached hydrogens (primary N) is 1. The van der Waals surface area contributed by atoms with E-state index in [0.717, 1.165) is 0 Å². The van der Waals surface area contributed by atoms with Crippen LogP contribution in [0.5, 0.6) is 0 Å². The Bertz CT molecular complexity index is 171. The summed E-state index contributed by atoms with van der Waals surface area (Å²) >= 11 is 0. The molecule has 0 aliphatic rings. The molecule has 0 aliphatic carbocycles. The molecule has 0 radical (unpaired) electrons. The maximum absolute atomic E-state index is 11.4. The molecule has 0 fully saturated rings. The molecule has 0 aromatic carbocycles. The Balaban J connectivity index is 4.04. The van der Waals surface area contributed by atoms with Crippen LogP contribution in [0.3, 0.4) is 0 Å². The largest absolute Gasteiger partial charge is 0.325 e. The highest BCUT2D eigenvalue weighted by atomic mass is 16.1. The van der Waals surface area contributed by atoms with Crippen molar-refractivity contribution in [1.82, 2.24) is 0 Å². The van der Waals surface area contributed by atoms with Crippen LogP contribution in [0.25, 0.3) is 0 Å². The molecule has 0 spiro atoms. The van der Waals surface area contributed by atoms with Crippen LogP contribution >= 0.6 is 0 Å². The summed E-state index contributed by atoms with van der Waals surface area (Å²) in [4.78, 5) is 11.4. The van der Waals surface area contributed by atoms with Crippen LogP contribution in [0.15, 0.2) is 12.2 Å². The van der Waals surface area contributed by atoms with Crippen molar-refractivity contribution in [3.63, 3.8) is 0 Å². The number of rotatable bonds is 4. The first kappa shape index (κ1) is 11.4. The van der Waals surface area contributed by atoms with Gasteiger partial charge in [-0.2, -0.15) is 0 Å². The third-order valence-electron chi connectivity index (χ3n) is 1.72. The van der Waals surface area contributed by atoms with E-state index < -0.39 is 0 Å². The van der Waals surface area contributed by atoms with Crippen molar-refractivity contribution in [3.8, 4) is 0 Å². The highest BCUT2D eigenvalue weighted by Gasteiger charge is 2.12. The lowest BCUT2D eigenvalue weighted by atomic mass is 9.96. The first-order valence-corrected chi connectivity index (χ1v) is 4.42. The number of Topliss-reactive ketones (excluding diaryl/α,β-unsaturated/α-hetero) is 1. The summed E-state index contributed by atoms with van der Waals surface area (Å²) in [7, 11) is 0. The van der Waals surface area contributed by atoms with E-state index in [2.05, 4.69) is 0 Å². The van der Waals surface area contributed by atoms with Crippen LogP contribution in [0.2, 0.25) is 0 Å². The highest BCUT2D eigenvalue weighted by Crippen LogP contribution is 2.07. The maximum Gasteiger partial charge on any atom is 0.141 e. The van der Waals surface area contributed by atoms with Gasteiger partial charge in [-0.25, -0.2) is 0 Å². The molecule has 0 aliphatic heterocycles. The zero-order chi connectivity index (χ0) is 9.72. The molecule has 0 amide bonds. The smallest absolute Gasteiger partial charge is 0.141 e. The fourth-order valence-corrected chi connectivity index (χ4v) is 0.963. The second-order valence-electron chi connectivity index (χ2n) is 3.59. The average molecular weight is 169 g/mol. The van der Waals surface area contributed by atoms with Gasteiger partial charge in [0.2, 0.25) is 0 Å². The molecule has 0 saturated carbocycles. The van der Waals surface area contributed by atoms with Gasteiger partial charge < -0.3 is 5.73 Å². The van der Waals surface area contributed by atoms with E-state index in [9.17, 15) is 4.79 Å². The van der Waals surface area contributed by atoms with Crippen molar-refractivity contribution >= 4 is 5.78 Å². The van der Waals surface area contributed by atoms with Gasteiger partial charge in [0.05, 0.1) is 0 Å². The molecule has 12 heavy (non-hydrogen) atoms. The molecule has 0 rings (SSSR count). The van der Waals surface area contributed by atoms with Gasteiger partial charge >= 0.3 is 0 Å². The van der Waals surface area contributed by atoms with Crippen molar-refractivity contribution in [1.29, 1.82) is 0 Å². The van der Waals surface area contributed by atoms with E-state index in [1.807, 2.05) is 39.8 Å². The van der Waals surface area contributed by atoms with Crippen LogP contribution in [0.1, 0.15) is 27.7 Å². The van der Waals surface area contributed by atoms with Gasteiger partial charge in [-0.15, -0.1) is 0 Å². The first-order chi connectivity index (χ1) is 5.45. The number of allylic oxidation sites excluding steroid dienone is 1. The zero-order valence-electron chi connectivity index (χ0n) is 8.37. The minimum absolute atomic E-state index is 0.00370. The SMILES string of the molecule is CC(C)C(=O)[C@H](C)/C=C\[C@H](C)N. The van der Waals surface area contributed by atoms with Crippen molar-refractivity contribution in [2.24, 2.45) is 17.6 Å². The lowest BCUT2D eigenvalue weighted by Gasteiger charge is -2.08. The minimum atomic E-state index is -0.00370. The second-order valence-corrected chi connectivity index (χ2v) is 3.59. The normalized spacial score (nSPS) is 16.8. The Morgan fingerprint density at radius 3 is 2.00 bits per heavy atom. The van der Waals surface area contributed by atoms with Crippen molar-refractivity contribution in [2.45, 2.75) is 33.7 Å². The van der Waals surface area contributed by atoms with Crippen LogP contribution in [-0.2, 0) is 4.79 Å². The minimum Gasteiger partial charge on any atom is -0.325 e. The summed E-state index contributed by atoms with van der Waals surface area (Å²) in [6.07, 6.45) is 3.75. The summed E-state index contributed by atoms with van der Waals surface area (Å²) in [6, 6.07) is 0.0346. The fourth-order valence-electron chi connectivity index (χ4n) is 0.963. The van der Waals surface area contributed by atoms with Gasteiger partial charge in [-0.1, -0.05) is 32.9 Å².